The molecule has 0 amide bonds. The Labute approximate surface area is 116 Å². The smallest absolute Gasteiger partial charge is 0.0481 e. The van der Waals surface area contributed by atoms with Gasteiger partial charge in [0.1, 0.15) is 0 Å². The Morgan fingerprint density at radius 3 is 2.58 bits per heavy atom. The van der Waals surface area contributed by atoms with Crippen LogP contribution in [-0.2, 0) is 7.05 Å². The number of nitrogens with two attached hydrogens (primary N) is 1. The molecule has 1 aromatic carbocycles. The second-order valence-electron chi connectivity index (χ2n) is 5.77. The van der Waals surface area contributed by atoms with Gasteiger partial charge in [0.25, 0.3) is 0 Å². The first kappa shape index (κ1) is 14.1. The van der Waals surface area contributed by atoms with Crippen molar-refractivity contribution in [2.45, 2.75) is 19.4 Å². The average molecular weight is 259 g/mol. The third kappa shape index (κ3) is 2.82. The average Bonchev–Trinajstić information content (AvgIpc) is 2.73. The summed E-state index contributed by atoms with van der Waals surface area (Å²) >= 11 is 0. The Bertz CT molecular complexity index is 542. The molecule has 19 heavy (non-hydrogen) atoms. The summed E-state index contributed by atoms with van der Waals surface area (Å²) in [5, 5.41) is 1.35. The Morgan fingerprint density at radius 1 is 1.26 bits per heavy atom. The molecule has 2 rings (SSSR count). The number of aryl methyl sites for hydroxylation is 1. The molecule has 2 unspecified atom stereocenters. The fourth-order valence-corrected chi connectivity index (χ4v) is 2.73. The van der Waals surface area contributed by atoms with E-state index in [2.05, 4.69) is 68.0 Å². The van der Waals surface area contributed by atoms with Crippen molar-refractivity contribution in [3.05, 3.63) is 36.0 Å². The molecule has 2 aromatic rings. The number of hydrogen-bond donors (Lipinski definition) is 1. The van der Waals surface area contributed by atoms with Crippen molar-refractivity contribution in [1.82, 2.24) is 9.47 Å². The van der Waals surface area contributed by atoms with E-state index in [0.717, 1.165) is 13.0 Å². The van der Waals surface area contributed by atoms with Crippen LogP contribution in [0.3, 0.4) is 0 Å². The van der Waals surface area contributed by atoms with Crippen LogP contribution in [0.5, 0.6) is 0 Å². The Balaban J connectivity index is 2.44. The molecule has 0 saturated heterocycles. The molecule has 0 saturated carbocycles. The lowest BCUT2D eigenvalue weighted by Gasteiger charge is -2.26. The van der Waals surface area contributed by atoms with E-state index in [1.54, 1.807) is 0 Å². The highest BCUT2D eigenvalue weighted by Gasteiger charge is 2.20. The zero-order valence-electron chi connectivity index (χ0n) is 12.4. The van der Waals surface area contributed by atoms with E-state index < -0.39 is 0 Å². The number of fused-ring (bicyclic) bond motifs is 1. The maximum absolute atomic E-state index is 5.79. The summed E-state index contributed by atoms with van der Waals surface area (Å²) in [7, 11) is 6.41. The molecule has 0 aliphatic rings. The molecule has 0 aliphatic heterocycles. The highest BCUT2D eigenvalue weighted by molar-refractivity contribution is 5.84. The third-order valence-corrected chi connectivity index (χ3v) is 3.94. The van der Waals surface area contributed by atoms with Crippen LogP contribution in [0.15, 0.2) is 30.5 Å². The van der Waals surface area contributed by atoms with Crippen molar-refractivity contribution < 1.29 is 0 Å². The predicted octanol–water partition coefficient (Wildman–Crippen LogP) is 2.77. The first-order valence-electron chi connectivity index (χ1n) is 6.95. The summed E-state index contributed by atoms with van der Waals surface area (Å²) in [5.74, 6) is 0.534. The number of rotatable bonds is 5. The maximum atomic E-state index is 5.79. The van der Waals surface area contributed by atoms with Gasteiger partial charge in [0.2, 0.25) is 0 Å². The zero-order chi connectivity index (χ0) is 14.0. The third-order valence-electron chi connectivity index (χ3n) is 3.94. The van der Waals surface area contributed by atoms with E-state index in [9.17, 15) is 0 Å². The quantitative estimate of drug-likeness (QED) is 0.896. The number of nitrogens with zero attached hydrogens (tertiary/aromatic N) is 2. The lowest BCUT2D eigenvalue weighted by Crippen LogP contribution is -2.24. The van der Waals surface area contributed by atoms with Gasteiger partial charge < -0.3 is 15.2 Å². The number of para-hydroxylation sites is 1. The van der Waals surface area contributed by atoms with Crippen LogP contribution in [0.2, 0.25) is 0 Å². The van der Waals surface area contributed by atoms with E-state index in [1.165, 1.54) is 16.5 Å². The number of hydrogen-bond acceptors (Lipinski definition) is 2. The molecule has 3 nitrogen and oxygen atoms in total. The van der Waals surface area contributed by atoms with Gasteiger partial charge in [-0.2, -0.15) is 0 Å². The summed E-state index contributed by atoms with van der Waals surface area (Å²) in [6, 6.07) is 9.03. The van der Waals surface area contributed by atoms with Gasteiger partial charge in [0.15, 0.2) is 0 Å². The van der Waals surface area contributed by atoms with Crippen LogP contribution in [0.1, 0.15) is 24.9 Å². The van der Waals surface area contributed by atoms with Crippen LogP contribution in [0.25, 0.3) is 10.9 Å². The van der Waals surface area contributed by atoms with Gasteiger partial charge in [-0.15, -0.1) is 0 Å². The van der Waals surface area contributed by atoms with Crippen molar-refractivity contribution in [2.75, 3.05) is 20.6 Å². The Kier molecular flexibility index (Phi) is 4.27. The normalized spacial score (nSPS) is 15.1. The van der Waals surface area contributed by atoms with Gasteiger partial charge in [-0.1, -0.05) is 25.1 Å². The van der Waals surface area contributed by atoms with Crippen molar-refractivity contribution in [1.29, 1.82) is 0 Å². The fourth-order valence-electron chi connectivity index (χ4n) is 2.73. The summed E-state index contributed by atoms with van der Waals surface area (Å²) in [6.45, 7) is 2.97. The molecular weight excluding hydrogens is 234 g/mol. The number of aromatic nitrogens is 1. The van der Waals surface area contributed by atoms with Crippen LogP contribution < -0.4 is 5.73 Å². The molecule has 0 aliphatic carbocycles. The zero-order valence-corrected chi connectivity index (χ0v) is 12.4. The van der Waals surface area contributed by atoms with Crippen molar-refractivity contribution in [3.63, 3.8) is 0 Å². The van der Waals surface area contributed by atoms with E-state index in [0.29, 0.717) is 12.0 Å². The summed E-state index contributed by atoms with van der Waals surface area (Å²) in [4.78, 5) is 2.30. The standard InChI is InChI=1S/C16H25N3/c1-12(10-17)9-16(18(2)3)14-11-19(4)15-8-6-5-7-13(14)15/h5-8,11-12,16H,9-10,17H2,1-4H3. The molecule has 0 fully saturated rings. The van der Waals surface area contributed by atoms with E-state index >= 15 is 0 Å². The minimum absolute atomic E-state index is 0.421. The van der Waals surface area contributed by atoms with Gasteiger partial charge in [-0.3, -0.25) is 0 Å². The lowest BCUT2D eigenvalue weighted by molar-refractivity contribution is 0.256. The van der Waals surface area contributed by atoms with Crippen molar-refractivity contribution >= 4 is 10.9 Å². The van der Waals surface area contributed by atoms with E-state index in [4.69, 9.17) is 5.73 Å². The summed E-state index contributed by atoms with van der Waals surface area (Å²) < 4.78 is 2.22. The molecule has 3 heteroatoms. The van der Waals surface area contributed by atoms with Crippen molar-refractivity contribution in [2.24, 2.45) is 18.7 Å². The minimum Gasteiger partial charge on any atom is -0.350 e. The highest BCUT2D eigenvalue weighted by atomic mass is 15.1. The largest absolute Gasteiger partial charge is 0.350 e. The molecule has 1 aromatic heterocycles. The van der Waals surface area contributed by atoms with Gasteiger partial charge in [-0.05, 0) is 44.6 Å². The van der Waals surface area contributed by atoms with Gasteiger partial charge in [0, 0.05) is 30.2 Å². The second kappa shape index (κ2) is 5.76. The van der Waals surface area contributed by atoms with Crippen molar-refractivity contribution in [3.8, 4) is 0 Å². The second-order valence-corrected chi connectivity index (χ2v) is 5.77. The lowest BCUT2D eigenvalue weighted by atomic mass is 9.95. The fraction of sp³-hybridized carbons (Fsp3) is 0.500. The molecule has 0 bridgehead atoms. The van der Waals surface area contributed by atoms with Gasteiger partial charge >= 0.3 is 0 Å². The first-order valence-corrected chi connectivity index (χ1v) is 6.95. The highest BCUT2D eigenvalue weighted by Crippen LogP contribution is 2.32. The SMILES string of the molecule is CC(CN)CC(c1cn(C)c2ccccc12)N(C)C. The topological polar surface area (TPSA) is 34.2 Å². The van der Waals surface area contributed by atoms with Gasteiger partial charge in [0.05, 0.1) is 0 Å². The summed E-state index contributed by atoms with van der Waals surface area (Å²) in [6.07, 6.45) is 3.36. The van der Waals surface area contributed by atoms with E-state index in [1.807, 2.05) is 0 Å². The molecule has 0 spiro atoms. The van der Waals surface area contributed by atoms with Crippen LogP contribution in [0.4, 0.5) is 0 Å². The van der Waals surface area contributed by atoms with Gasteiger partial charge in [-0.25, -0.2) is 0 Å². The Hall–Kier alpha value is -1.32. The van der Waals surface area contributed by atoms with E-state index in [-0.39, 0.29) is 0 Å². The molecule has 1 heterocycles. The first-order chi connectivity index (χ1) is 9.04. The molecule has 2 N–H and O–H groups in total. The predicted molar refractivity (Wildman–Crippen MR) is 82.2 cm³/mol. The molecular formula is C16H25N3. The molecule has 2 atom stereocenters. The number of benzene rings is 1. The Morgan fingerprint density at radius 2 is 1.95 bits per heavy atom. The van der Waals surface area contributed by atoms with Crippen LogP contribution in [-0.4, -0.2) is 30.1 Å². The maximum Gasteiger partial charge on any atom is 0.0481 e. The van der Waals surface area contributed by atoms with Crippen LogP contribution >= 0.6 is 0 Å². The molecule has 104 valence electrons. The summed E-state index contributed by atoms with van der Waals surface area (Å²) in [5.41, 5.74) is 8.49. The minimum atomic E-state index is 0.421. The monoisotopic (exact) mass is 259 g/mol. The van der Waals surface area contributed by atoms with Crippen LogP contribution in [0, 0.1) is 5.92 Å². The molecule has 0 radical (unpaired) electrons.